The summed E-state index contributed by atoms with van der Waals surface area (Å²) in [5, 5.41) is 7.31. The summed E-state index contributed by atoms with van der Waals surface area (Å²) in [5.41, 5.74) is 0.0418. The van der Waals surface area contributed by atoms with E-state index in [0.29, 0.717) is 5.92 Å². The Morgan fingerprint density at radius 1 is 1.50 bits per heavy atom. The standard InChI is InChI=1S/C10H17N3O/c1-7(2)8-12-9(14-13-8)10(3)4-5-11-6-10/h7,11H,4-6H2,1-3H3. The smallest absolute Gasteiger partial charge is 0.233 e. The topological polar surface area (TPSA) is 51.0 Å². The lowest BCUT2D eigenvalue weighted by Gasteiger charge is -2.15. The molecule has 4 nitrogen and oxygen atoms in total. The zero-order chi connectivity index (χ0) is 10.2. The maximum Gasteiger partial charge on any atom is 0.233 e. The van der Waals surface area contributed by atoms with Crippen LogP contribution in [0.2, 0.25) is 0 Å². The first-order chi connectivity index (χ1) is 6.62. The van der Waals surface area contributed by atoms with Crippen LogP contribution in [0.25, 0.3) is 0 Å². The molecular weight excluding hydrogens is 178 g/mol. The van der Waals surface area contributed by atoms with Crippen LogP contribution >= 0.6 is 0 Å². The molecule has 1 unspecified atom stereocenters. The van der Waals surface area contributed by atoms with Gasteiger partial charge in [0.1, 0.15) is 0 Å². The Morgan fingerprint density at radius 3 is 2.79 bits per heavy atom. The molecular formula is C10H17N3O. The summed E-state index contributed by atoms with van der Waals surface area (Å²) in [6.45, 7) is 8.29. The van der Waals surface area contributed by atoms with Gasteiger partial charge in [-0.1, -0.05) is 19.0 Å². The molecule has 0 aliphatic carbocycles. The maximum absolute atomic E-state index is 5.31. The fourth-order valence-electron chi connectivity index (χ4n) is 1.71. The molecule has 14 heavy (non-hydrogen) atoms. The molecule has 0 saturated carbocycles. The molecule has 0 aromatic carbocycles. The van der Waals surface area contributed by atoms with Gasteiger partial charge in [0.25, 0.3) is 0 Å². The summed E-state index contributed by atoms with van der Waals surface area (Å²) >= 11 is 0. The second kappa shape index (κ2) is 3.35. The summed E-state index contributed by atoms with van der Waals surface area (Å²) < 4.78 is 5.31. The van der Waals surface area contributed by atoms with Gasteiger partial charge in [-0.05, 0) is 19.9 Å². The van der Waals surface area contributed by atoms with Crippen LogP contribution in [0.5, 0.6) is 0 Å². The molecule has 1 aromatic heterocycles. The second-order valence-corrected chi connectivity index (χ2v) is 4.60. The summed E-state index contributed by atoms with van der Waals surface area (Å²) in [6, 6.07) is 0. The van der Waals surface area contributed by atoms with Crippen molar-refractivity contribution >= 4 is 0 Å². The minimum absolute atomic E-state index is 0.0418. The van der Waals surface area contributed by atoms with Crippen molar-refractivity contribution in [2.24, 2.45) is 0 Å². The molecule has 1 N–H and O–H groups in total. The number of rotatable bonds is 2. The van der Waals surface area contributed by atoms with Crippen LogP contribution in [0.1, 0.15) is 44.8 Å². The van der Waals surface area contributed by atoms with Crippen molar-refractivity contribution in [1.82, 2.24) is 15.5 Å². The predicted molar refractivity (Wildman–Crippen MR) is 53.2 cm³/mol. The SMILES string of the molecule is CC(C)c1noc(C2(C)CCNC2)n1. The fourth-order valence-corrected chi connectivity index (χ4v) is 1.71. The predicted octanol–water partition coefficient (Wildman–Crippen LogP) is 1.44. The normalized spacial score (nSPS) is 27.4. The first kappa shape index (κ1) is 9.65. The average molecular weight is 195 g/mol. The maximum atomic E-state index is 5.31. The van der Waals surface area contributed by atoms with Crippen molar-refractivity contribution < 1.29 is 4.52 Å². The molecule has 1 aliphatic heterocycles. The van der Waals surface area contributed by atoms with Crippen LogP contribution in [0.15, 0.2) is 4.52 Å². The van der Waals surface area contributed by atoms with E-state index in [-0.39, 0.29) is 5.41 Å². The minimum Gasteiger partial charge on any atom is -0.339 e. The lowest BCUT2D eigenvalue weighted by Crippen LogP contribution is -2.25. The van der Waals surface area contributed by atoms with E-state index in [4.69, 9.17) is 4.52 Å². The molecule has 1 saturated heterocycles. The zero-order valence-corrected chi connectivity index (χ0v) is 9.00. The third kappa shape index (κ3) is 1.54. The number of aromatic nitrogens is 2. The van der Waals surface area contributed by atoms with Crippen LogP contribution in [0.3, 0.4) is 0 Å². The summed E-state index contributed by atoms with van der Waals surface area (Å²) in [6.07, 6.45) is 1.08. The Labute approximate surface area is 84.1 Å². The highest BCUT2D eigenvalue weighted by molar-refractivity contribution is 5.08. The molecule has 4 heteroatoms. The minimum atomic E-state index is 0.0418. The third-order valence-corrected chi connectivity index (χ3v) is 2.84. The van der Waals surface area contributed by atoms with Gasteiger partial charge in [-0.25, -0.2) is 0 Å². The molecule has 1 atom stereocenters. The molecule has 0 amide bonds. The van der Waals surface area contributed by atoms with Crippen molar-refractivity contribution in [2.45, 2.75) is 38.5 Å². The number of nitrogens with zero attached hydrogens (tertiary/aromatic N) is 2. The van der Waals surface area contributed by atoms with Crippen molar-refractivity contribution in [2.75, 3.05) is 13.1 Å². The van der Waals surface area contributed by atoms with Crippen LogP contribution in [-0.4, -0.2) is 23.2 Å². The molecule has 0 spiro atoms. The summed E-state index contributed by atoms with van der Waals surface area (Å²) in [7, 11) is 0. The van der Waals surface area contributed by atoms with Gasteiger partial charge in [0.05, 0.1) is 5.41 Å². The average Bonchev–Trinajstić information content (AvgIpc) is 2.71. The molecule has 0 radical (unpaired) electrons. The van der Waals surface area contributed by atoms with Gasteiger partial charge in [0, 0.05) is 12.5 Å². The van der Waals surface area contributed by atoms with E-state index >= 15 is 0 Å². The van der Waals surface area contributed by atoms with Crippen LogP contribution in [-0.2, 0) is 5.41 Å². The Balaban J connectivity index is 2.23. The van der Waals surface area contributed by atoms with Crippen LogP contribution in [0, 0.1) is 0 Å². The van der Waals surface area contributed by atoms with Gasteiger partial charge in [-0.15, -0.1) is 0 Å². The molecule has 2 rings (SSSR count). The Bertz CT molecular complexity index is 313. The molecule has 1 fully saturated rings. The van der Waals surface area contributed by atoms with Gasteiger partial charge >= 0.3 is 0 Å². The van der Waals surface area contributed by atoms with Crippen molar-refractivity contribution in [3.05, 3.63) is 11.7 Å². The largest absolute Gasteiger partial charge is 0.339 e. The Morgan fingerprint density at radius 2 is 2.29 bits per heavy atom. The molecule has 2 heterocycles. The Hall–Kier alpha value is -0.900. The summed E-state index contributed by atoms with van der Waals surface area (Å²) in [4.78, 5) is 4.45. The second-order valence-electron chi connectivity index (χ2n) is 4.60. The zero-order valence-electron chi connectivity index (χ0n) is 9.00. The number of nitrogens with one attached hydrogen (secondary N) is 1. The fraction of sp³-hybridized carbons (Fsp3) is 0.800. The number of hydrogen-bond donors (Lipinski definition) is 1. The molecule has 78 valence electrons. The van der Waals surface area contributed by atoms with Gasteiger partial charge < -0.3 is 9.84 Å². The first-order valence-corrected chi connectivity index (χ1v) is 5.17. The van der Waals surface area contributed by atoms with E-state index in [2.05, 4.69) is 36.2 Å². The van der Waals surface area contributed by atoms with E-state index in [1.54, 1.807) is 0 Å². The van der Waals surface area contributed by atoms with Crippen LogP contribution < -0.4 is 5.32 Å². The quantitative estimate of drug-likeness (QED) is 0.776. The lowest BCUT2D eigenvalue weighted by molar-refractivity contribution is 0.304. The highest BCUT2D eigenvalue weighted by atomic mass is 16.5. The van der Waals surface area contributed by atoms with Crippen molar-refractivity contribution in [3.63, 3.8) is 0 Å². The molecule has 1 aromatic rings. The summed E-state index contributed by atoms with van der Waals surface area (Å²) in [5.74, 6) is 1.93. The van der Waals surface area contributed by atoms with E-state index in [1.165, 1.54) is 0 Å². The number of hydrogen-bond acceptors (Lipinski definition) is 4. The Kier molecular flexibility index (Phi) is 2.31. The van der Waals surface area contributed by atoms with E-state index in [1.807, 2.05) is 0 Å². The van der Waals surface area contributed by atoms with Gasteiger partial charge in [0.15, 0.2) is 5.82 Å². The van der Waals surface area contributed by atoms with Gasteiger partial charge in [0.2, 0.25) is 5.89 Å². The molecule has 1 aliphatic rings. The van der Waals surface area contributed by atoms with Gasteiger partial charge in [-0.2, -0.15) is 4.98 Å². The highest BCUT2D eigenvalue weighted by Gasteiger charge is 2.36. The van der Waals surface area contributed by atoms with Crippen LogP contribution in [0.4, 0.5) is 0 Å². The monoisotopic (exact) mass is 195 g/mol. The third-order valence-electron chi connectivity index (χ3n) is 2.84. The lowest BCUT2D eigenvalue weighted by atomic mass is 9.90. The van der Waals surface area contributed by atoms with Crippen molar-refractivity contribution in [3.8, 4) is 0 Å². The molecule has 0 bridgehead atoms. The van der Waals surface area contributed by atoms with Gasteiger partial charge in [-0.3, -0.25) is 0 Å². The van der Waals surface area contributed by atoms with Crippen molar-refractivity contribution in [1.29, 1.82) is 0 Å². The first-order valence-electron chi connectivity index (χ1n) is 5.17. The van der Waals surface area contributed by atoms with E-state index < -0.39 is 0 Å². The van der Waals surface area contributed by atoms with E-state index in [0.717, 1.165) is 31.2 Å². The van der Waals surface area contributed by atoms with E-state index in [9.17, 15) is 0 Å². The highest BCUT2D eigenvalue weighted by Crippen LogP contribution is 2.29.